The third-order valence-corrected chi connectivity index (χ3v) is 3.52. The molecule has 2 rings (SSSR count). The van der Waals surface area contributed by atoms with Crippen molar-refractivity contribution in [3.05, 3.63) is 34.9 Å². The molecule has 0 atom stereocenters. The molecule has 0 aliphatic carbocycles. The van der Waals surface area contributed by atoms with Gasteiger partial charge in [-0.05, 0) is 50.2 Å². The number of amides is 1. The Balaban J connectivity index is 0.00000180. The number of nitrogens with one attached hydrogen (secondary N) is 1. The van der Waals surface area contributed by atoms with Crippen LogP contribution < -0.4 is 5.32 Å². The standard InChI is InChI=1S/C14H19ClN2O.H2O/c15-13-6-4-12(5-7-13)14(18)16-8-11-17-9-2-1-3-10-17;/h4-7H,1-3,8-11H2,(H,16,18);1H2. The number of piperidine rings is 1. The largest absolute Gasteiger partial charge is 0.412 e. The molecular formula is C14H21ClN2O2. The van der Waals surface area contributed by atoms with Crippen molar-refractivity contribution in [2.24, 2.45) is 0 Å². The Labute approximate surface area is 119 Å². The Morgan fingerprint density at radius 2 is 1.79 bits per heavy atom. The van der Waals surface area contributed by atoms with Gasteiger partial charge in [-0.3, -0.25) is 4.79 Å². The lowest BCUT2D eigenvalue weighted by Gasteiger charge is -2.26. The van der Waals surface area contributed by atoms with E-state index in [2.05, 4.69) is 10.2 Å². The highest BCUT2D eigenvalue weighted by molar-refractivity contribution is 6.30. The molecule has 1 fully saturated rings. The Morgan fingerprint density at radius 1 is 1.16 bits per heavy atom. The van der Waals surface area contributed by atoms with Crippen LogP contribution in [0.15, 0.2) is 24.3 Å². The van der Waals surface area contributed by atoms with Gasteiger partial charge in [-0.1, -0.05) is 18.0 Å². The number of carbonyl (C=O) groups is 1. The zero-order chi connectivity index (χ0) is 12.8. The topological polar surface area (TPSA) is 63.8 Å². The molecular weight excluding hydrogens is 264 g/mol. The van der Waals surface area contributed by atoms with E-state index < -0.39 is 0 Å². The predicted octanol–water partition coefficient (Wildman–Crippen LogP) is 1.73. The number of hydrogen-bond acceptors (Lipinski definition) is 2. The summed E-state index contributed by atoms with van der Waals surface area (Å²) in [6.45, 7) is 3.98. The third kappa shape index (κ3) is 5.19. The van der Waals surface area contributed by atoms with E-state index in [1.165, 1.54) is 19.3 Å². The molecule has 0 spiro atoms. The number of benzene rings is 1. The van der Waals surface area contributed by atoms with Crippen LogP contribution in [-0.2, 0) is 0 Å². The van der Waals surface area contributed by atoms with Crippen LogP contribution in [0.3, 0.4) is 0 Å². The predicted molar refractivity (Wildman–Crippen MR) is 77.7 cm³/mol. The highest BCUT2D eigenvalue weighted by Gasteiger charge is 2.10. The second-order valence-electron chi connectivity index (χ2n) is 4.67. The molecule has 1 saturated heterocycles. The minimum absolute atomic E-state index is 0. The quantitative estimate of drug-likeness (QED) is 0.915. The van der Waals surface area contributed by atoms with Gasteiger partial charge in [0.25, 0.3) is 5.91 Å². The number of halogens is 1. The minimum atomic E-state index is -0.0244. The molecule has 1 aliphatic rings. The molecule has 0 radical (unpaired) electrons. The van der Waals surface area contributed by atoms with Gasteiger partial charge in [0.2, 0.25) is 0 Å². The van der Waals surface area contributed by atoms with E-state index in [-0.39, 0.29) is 11.4 Å². The maximum absolute atomic E-state index is 11.8. The molecule has 1 aromatic rings. The number of hydrogen-bond donors (Lipinski definition) is 1. The number of rotatable bonds is 4. The highest BCUT2D eigenvalue weighted by Crippen LogP contribution is 2.09. The van der Waals surface area contributed by atoms with Crippen molar-refractivity contribution in [2.75, 3.05) is 26.2 Å². The maximum Gasteiger partial charge on any atom is 0.251 e. The second kappa shape index (κ2) is 8.15. The first-order valence-electron chi connectivity index (χ1n) is 6.52. The first-order valence-corrected chi connectivity index (χ1v) is 6.89. The van der Waals surface area contributed by atoms with Crippen LogP contribution in [0.1, 0.15) is 29.6 Å². The van der Waals surface area contributed by atoms with Crippen molar-refractivity contribution in [1.29, 1.82) is 0 Å². The van der Waals surface area contributed by atoms with E-state index in [9.17, 15) is 4.79 Å². The summed E-state index contributed by atoms with van der Waals surface area (Å²) in [6, 6.07) is 6.97. The van der Waals surface area contributed by atoms with Crippen LogP contribution in [-0.4, -0.2) is 42.5 Å². The molecule has 0 saturated carbocycles. The molecule has 1 aromatic carbocycles. The van der Waals surface area contributed by atoms with Gasteiger partial charge in [0.1, 0.15) is 0 Å². The number of likely N-dealkylation sites (tertiary alicyclic amines) is 1. The molecule has 1 amide bonds. The molecule has 1 aliphatic heterocycles. The molecule has 0 bridgehead atoms. The number of nitrogens with zero attached hydrogens (tertiary/aromatic N) is 1. The SMILES string of the molecule is O.O=C(NCCN1CCCCC1)c1ccc(Cl)cc1. The van der Waals surface area contributed by atoms with Crippen molar-refractivity contribution < 1.29 is 10.3 Å². The van der Waals surface area contributed by atoms with Gasteiger partial charge in [-0.2, -0.15) is 0 Å². The Bertz CT molecular complexity index is 389. The molecule has 0 unspecified atom stereocenters. The molecule has 1 heterocycles. The van der Waals surface area contributed by atoms with Crippen molar-refractivity contribution in [3.63, 3.8) is 0 Å². The average molecular weight is 285 g/mol. The Morgan fingerprint density at radius 3 is 2.42 bits per heavy atom. The van der Waals surface area contributed by atoms with Gasteiger partial charge in [0, 0.05) is 23.7 Å². The summed E-state index contributed by atoms with van der Waals surface area (Å²) >= 11 is 5.78. The van der Waals surface area contributed by atoms with E-state index in [0.717, 1.165) is 19.6 Å². The smallest absolute Gasteiger partial charge is 0.251 e. The van der Waals surface area contributed by atoms with E-state index in [1.807, 2.05) is 0 Å². The Kier molecular flexibility index (Phi) is 6.84. The van der Waals surface area contributed by atoms with Crippen molar-refractivity contribution in [1.82, 2.24) is 10.2 Å². The van der Waals surface area contributed by atoms with Gasteiger partial charge in [-0.25, -0.2) is 0 Å². The lowest BCUT2D eigenvalue weighted by molar-refractivity contribution is 0.0946. The summed E-state index contributed by atoms with van der Waals surface area (Å²) in [4.78, 5) is 14.2. The fourth-order valence-electron chi connectivity index (χ4n) is 2.21. The van der Waals surface area contributed by atoms with Crippen LogP contribution in [0.25, 0.3) is 0 Å². The zero-order valence-electron chi connectivity index (χ0n) is 11.0. The van der Waals surface area contributed by atoms with Crippen molar-refractivity contribution in [2.45, 2.75) is 19.3 Å². The molecule has 5 heteroatoms. The zero-order valence-corrected chi connectivity index (χ0v) is 11.7. The van der Waals surface area contributed by atoms with Gasteiger partial charge in [0.15, 0.2) is 0 Å². The Hall–Kier alpha value is -1.10. The van der Waals surface area contributed by atoms with Gasteiger partial charge < -0.3 is 15.7 Å². The van der Waals surface area contributed by atoms with Crippen molar-refractivity contribution in [3.8, 4) is 0 Å². The molecule has 4 nitrogen and oxygen atoms in total. The van der Waals surface area contributed by atoms with Gasteiger partial charge in [-0.15, -0.1) is 0 Å². The maximum atomic E-state index is 11.8. The summed E-state index contributed by atoms with van der Waals surface area (Å²) in [5.41, 5.74) is 0.665. The monoisotopic (exact) mass is 284 g/mol. The number of carbonyl (C=O) groups excluding carboxylic acids is 1. The van der Waals surface area contributed by atoms with Crippen LogP contribution in [0.5, 0.6) is 0 Å². The van der Waals surface area contributed by atoms with E-state index in [1.54, 1.807) is 24.3 Å². The van der Waals surface area contributed by atoms with Crippen LogP contribution in [0, 0.1) is 0 Å². The van der Waals surface area contributed by atoms with E-state index in [4.69, 9.17) is 11.6 Å². The first kappa shape index (κ1) is 16.0. The fraction of sp³-hybridized carbons (Fsp3) is 0.500. The second-order valence-corrected chi connectivity index (χ2v) is 5.10. The minimum Gasteiger partial charge on any atom is -0.412 e. The molecule has 106 valence electrons. The summed E-state index contributed by atoms with van der Waals surface area (Å²) in [5, 5.41) is 3.59. The van der Waals surface area contributed by atoms with Gasteiger partial charge >= 0.3 is 0 Å². The van der Waals surface area contributed by atoms with E-state index >= 15 is 0 Å². The molecule has 19 heavy (non-hydrogen) atoms. The van der Waals surface area contributed by atoms with Gasteiger partial charge in [0.05, 0.1) is 0 Å². The molecule has 3 N–H and O–H groups in total. The van der Waals surface area contributed by atoms with Crippen LogP contribution in [0.2, 0.25) is 5.02 Å². The summed E-state index contributed by atoms with van der Waals surface area (Å²) in [7, 11) is 0. The fourth-order valence-corrected chi connectivity index (χ4v) is 2.34. The third-order valence-electron chi connectivity index (χ3n) is 3.27. The lowest BCUT2D eigenvalue weighted by Crippen LogP contribution is -2.37. The van der Waals surface area contributed by atoms with Crippen molar-refractivity contribution >= 4 is 17.5 Å². The average Bonchev–Trinajstić information content (AvgIpc) is 2.40. The molecule has 0 aromatic heterocycles. The highest BCUT2D eigenvalue weighted by atomic mass is 35.5. The first-order chi connectivity index (χ1) is 8.75. The van der Waals surface area contributed by atoms with Crippen LogP contribution in [0.4, 0.5) is 0 Å². The lowest BCUT2D eigenvalue weighted by atomic mass is 10.1. The summed E-state index contributed by atoms with van der Waals surface area (Å²) in [6.07, 6.45) is 3.91. The van der Waals surface area contributed by atoms with E-state index in [0.29, 0.717) is 17.1 Å². The van der Waals surface area contributed by atoms with Crippen LogP contribution >= 0.6 is 11.6 Å². The summed E-state index contributed by atoms with van der Waals surface area (Å²) in [5.74, 6) is -0.0244. The normalized spacial score (nSPS) is 15.6. The summed E-state index contributed by atoms with van der Waals surface area (Å²) < 4.78 is 0.